The van der Waals surface area contributed by atoms with Gasteiger partial charge in [0.25, 0.3) is 0 Å². The van der Waals surface area contributed by atoms with Crippen molar-refractivity contribution in [3.63, 3.8) is 0 Å². The second-order valence-electron chi connectivity index (χ2n) is 6.60. The fourth-order valence-electron chi connectivity index (χ4n) is 3.19. The fourth-order valence-corrected chi connectivity index (χ4v) is 3.45. The van der Waals surface area contributed by atoms with Gasteiger partial charge in [0.15, 0.2) is 0 Å². The van der Waals surface area contributed by atoms with Crippen molar-refractivity contribution in [1.82, 2.24) is 9.55 Å². The molecule has 4 rings (SSSR count). The van der Waals surface area contributed by atoms with E-state index < -0.39 is 0 Å². The van der Waals surface area contributed by atoms with Gasteiger partial charge < -0.3 is 4.57 Å². The highest BCUT2D eigenvalue weighted by atomic mass is 79.9. The molecule has 0 N–H and O–H groups in total. The van der Waals surface area contributed by atoms with Gasteiger partial charge in [0.2, 0.25) is 0 Å². The summed E-state index contributed by atoms with van der Waals surface area (Å²) in [6.07, 6.45) is 6.31. The van der Waals surface area contributed by atoms with E-state index in [9.17, 15) is 0 Å². The molecule has 0 unspecified atom stereocenters. The molecular weight excluding hydrogens is 408 g/mol. The zero-order valence-corrected chi connectivity index (χ0v) is 17.3. The zero-order chi connectivity index (χ0) is 19.3. The maximum absolute atomic E-state index is 4.89. The first-order chi connectivity index (χ1) is 13.7. The maximum Gasteiger partial charge on any atom is 0.133 e. The summed E-state index contributed by atoms with van der Waals surface area (Å²) in [6.45, 7) is 3.02. The van der Waals surface area contributed by atoms with Crippen LogP contribution in [0.1, 0.15) is 18.3 Å². The molecule has 0 saturated heterocycles. The number of hydrogen-bond acceptors (Lipinski definition) is 1. The summed E-state index contributed by atoms with van der Waals surface area (Å²) in [7, 11) is 0. The van der Waals surface area contributed by atoms with Crippen molar-refractivity contribution < 1.29 is 0 Å². The predicted molar refractivity (Wildman–Crippen MR) is 122 cm³/mol. The Morgan fingerprint density at radius 3 is 2.29 bits per heavy atom. The summed E-state index contributed by atoms with van der Waals surface area (Å²) in [4.78, 5) is 4.89. The highest BCUT2D eigenvalue weighted by Crippen LogP contribution is 2.26. The summed E-state index contributed by atoms with van der Waals surface area (Å²) in [5.41, 5.74) is 5.70. The smallest absolute Gasteiger partial charge is 0.133 e. The first-order valence-electron chi connectivity index (χ1n) is 9.39. The number of nitrogens with zero attached hydrogens (tertiary/aromatic N) is 2. The van der Waals surface area contributed by atoms with Gasteiger partial charge in [-0.05, 0) is 47.9 Å². The van der Waals surface area contributed by atoms with E-state index in [-0.39, 0.29) is 0 Å². The van der Waals surface area contributed by atoms with Crippen molar-refractivity contribution in [2.45, 2.75) is 13.5 Å². The Morgan fingerprint density at radius 2 is 1.54 bits per heavy atom. The normalized spacial score (nSPS) is 11.2. The number of aromatic nitrogens is 2. The Bertz CT molecular complexity index is 1090. The molecule has 0 spiro atoms. The molecule has 3 heteroatoms. The van der Waals surface area contributed by atoms with Crippen molar-refractivity contribution in [2.24, 2.45) is 0 Å². The van der Waals surface area contributed by atoms with E-state index in [1.54, 1.807) is 0 Å². The van der Waals surface area contributed by atoms with Crippen LogP contribution in [0.2, 0.25) is 0 Å². The lowest BCUT2D eigenvalue weighted by atomic mass is 10.0. The minimum atomic E-state index is 0.880. The summed E-state index contributed by atoms with van der Waals surface area (Å²) < 4.78 is 3.26. The van der Waals surface area contributed by atoms with Crippen LogP contribution >= 0.6 is 15.9 Å². The van der Waals surface area contributed by atoms with Crippen molar-refractivity contribution in [3.8, 4) is 22.4 Å². The molecular formula is C25H21BrN2. The molecule has 0 radical (unpaired) electrons. The molecule has 0 aliphatic heterocycles. The third-order valence-corrected chi connectivity index (χ3v) is 5.24. The zero-order valence-electron chi connectivity index (χ0n) is 15.7. The van der Waals surface area contributed by atoms with Gasteiger partial charge >= 0.3 is 0 Å². The number of aryl methyl sites for hydroxylation is 1. The average molecular weight is 429 g/mol. The van der Waals surface area contributed by atoms with Crippen LogP contribution in [0.4, 0.5) is 0 Å². The third-order valence-electron chi connectivity index (χ3n) is 4.71. The van der Waals surface area contributed by atoms with Crippen LogP contribution in [0.3, 0.4) is 0 Å². The monoisotopic (exact) mass is 428 g/mol. The standard InChI is InChI=1S/C25H21BrN2/c1-2-28-18-24(27-25(28)16-13-19-11-14-23(26)15-12-19)22-10-6-9-21(17-22)20-7-4-3-5-8-20/h3-18H,2H2,1H3/b16-13+. The van der Waals surface area contributed by atoms with E-state index >= 15 is 0 Å². The number of halogens is 1. The van der Waals surface area contributed by atoms with E-state index in [1.165, 1.54) is 11.1 Å². The summed E-state index contributed by atoms with van der Waals surface area (Å²) in [5.74, 6) is 0.963. The lowest BCUT2D eigenvalue weighted by Gasteiger charge is -2.03. The van der Waals surface area contributed by atoms with Crippen molar-refractivity contribution in [2.75, 3.05) is 0 Å². The lowest BCUT2D eigenvalue weighted by Crippen LogP contribution is -1.94. The van der Waals surface area contributed by atoms with Gasteiger partial charge in [0, 0.05) is 22.8 Å². The van der Waals surface area contributed by atoms with Crippen LogP contribution in [0.5, 0.6) is 0 Å². The molecule has 1 heterocycles. The average Bonchev–Trinajstić information content (AvgIpc) is 3.17. The van der Waals surface area contributed by atoms with Gasteiger partial charge in [0.1, 0.15) is 5.82 Å². The van der Waals surface area contributed by atoms with Crippen molar-refractivity contribution in [3.05, 3.63) is 101 Å². The Balaban J connectivity index is 1.65. The van der Waals surface area contributed by atoms with Gasteiger partial charge in [0.05, 0.1) is 5.69 Å². The van der Waals surface area contributed by atoms with Crippen LogP contribution in [-0.2, 0) is 6.54 Å². The molecule has 0 fully saturated rings. The first kappa shape index (κ1) is 18.5. The minimum Gasteiger partial charge on any atom is -0.331 e. The van der Waals surface area contributed by atoms with Crippen LogP contribution in [0.25, 0.3) is 34.5 Å². The Hall–Kier alpha value is -2.91. The molecule has 0 bridgehead atoms. The summed E-state index contributed by atoms with van der Waals surface area (Å²) >= 11 is 3.48. The first-order valence-corrected chi connectivity index (χ1v) is 10.2. The van der Waals surface area contributed by atoms with Crippen molar-refractivity contribution >= 4 is 28.1 Å². The number of rotatable bonds is 5. The molecule has 1 aromatic heterocycles. The Kier molecular flexibility index (Phi) is 5.54. The van der Waals surface area contributed by atoms with Crippen LogP contribution < -0.4 is 0 Å². The maximum atomic E-state index is 4.89. The Labute approximate surface area is 174 Å². The third kappa shape index (κ3) is 4.15. The van der Waals surface area contributed by atoms with Gasteiger partial charge in [-0.25, -0.2) is 4.98 Å². The lowest BCUT2D eigenvalue weighted by molar-refractivity contribution is 0.753. The van der Waals surface area contributed by atoms with E-state index in [4.69, 9.17) is 4.98 Å². The topological polar surface area (TPSA) is 17.8 Å². The van der Waals surface area contributed by atoms with Crippen LogP contribution in [-0.4, -0.2) is 9.55 Å². The summed E-state index contributed by atoms with van der Waals surface area (Å²) in [6, 6.07) is 27.3. The second kappa shape index (κ2) is 8.41. The minimum absolute atomic E-state index is 0.880. The van der Waals surface area contributed by atoms with Gasteiger partial charge in [-0.2, -0.15) is 0 Å². The fraction of sp³-hybridized carbons (Fsp3) is 0.0800. The van der Waals surface area contributed by atoms with Gasteiger partial charge in [-0.1, -0.05) is 82.7 Å². The Morgan fingerprint density at radius 1 is 0.821 bits per heavy atom. The molecule has 2 nitrogen and oxygen atoms in total. The number of benzene rings is 3. The molecule has 4 aromatic rings. The van der Waals surface area contributed by atoms with E-state index in [0.717, 1.165) is 33.7 Å². The predicted octanol–water partition coefficient (Wildman–Crippen LogP) is 7.17. The molecule has 28 heavy (non-hydrogen) atoms. The van der Waals surface area contributed by atoms with Gasteiger partial charge in [-0.15, -0.1) is 0 Å². The van der Waals surface area contributed by atoms with E-state index in [0.29, 0.717) is 0 Å². The van der Waals surface area contributed by atoms with Crippen LogP contribution in [0.15, 0.2) is 89.5 Å². The van der Waals surface area contributed by atoms with E-state index in [2.05, 4.69) is 106 Å². The molecule has 0 atom stereocenters. The SMILES string of the molecule is CCn1cc(-c2cccc(-c3ccccc3)c2)nc1/C=C/c1ccc(Br)cc1. The number of hydrogen-bond donors (Lipinski definition) is 0. The largest absolute Gasteiger partial charge is 0.331 e. The van der Waals surface area contributed by atoms with Gasteiger partial charge in [-0.3, -0.25) is 0 Å². The molecule has 0 amide bonds. The molecule has 138 valence electrons. The highest BCUT2D eigenvalue weighted by Gasteiger charge is 2.08. The summed E-state index contributed by atoms with van der Waals surface area (Å²) in [5, 5.41) is 0. The number of imidazole rings is 1. The molecule has 0 aliphatic carbocycles. The van der Waals surface area contributed by atoms with E-state index in [1.807, 2.05) is 18.2 Å². The second-order valence-corrected chi connectivity index (χ2v) is 7.52. The molecule has 0 saturated carbocycles. The quantitative estimate of drug-likeness (QED) is 0.329. The van der Waals surface area contributed by atoms with Crippen LogP contribution in [0, 0.1) is 0 Å². The molecule has 0 aliphatic rings. The van der Waals surface area contributed by atoms with Crippen molar-refractivity contribution in [1.29, 1.82) is 0 Å². The molecule has 3 aromatic carbocycles. The highest BCUT2D eigenvalue weighted by molar-refractivity contribution is 9.10.